The van der Waals surface area contributed by atoms with Crippen LogP contribution in [0.1, 0.15) is 28.9 Å². The fourth-order valence-electron chi connectivity index (χ4n) is 2.51. The van der Waals surface area contributed by atoms with Crippen molar-refractivity contribution in [2.75, 3.05) is 29.0 Å². The molecule has 0 bridgehead atoms. The number of nitrogens with one attached hydrogen (secondary N) is 2. The number of unbranched alkanes of at least 4 members (excludes halogenated alkanes) is 1. The van der Waals surface area contributed by atoms with Gasteiger partial charge in [-0.05, 0) is 37.0 Å². The Hall–Kier alpha value is -2.42. The number of amides is 1. The number of nitrogens with two attached hydrogens (primary N) is 2. The number of guanidine groups is 1. The Balaban J connectivity index is 1.75. The first-order valence-corrected chi connectivity index (χ1v) is 11.1. The second-order valence-corrected chi connectivity index (χ2v) is 7.56. The van der Waals surface area contributed by atoms with E-state index in [0.717, 1.165) is 24.8 Å². The number of aliphatic hydroxyl groups is 2. The van der Waals surface area contributed by atoms with E-state index < -0.39 is 12.0 Å². The average molecular weight is 578 g/mol. The normalized spacial score (nSPS) is 12.3. The van der Waals surface area contributed by atoms with Crippen LogP contribution >= 0.6 is 34.5 Å². The summed E-state index contributed by atoms with van der Waals surface area (Å²) in [5.74, 6) is 0.164. The average Bonchev–Trinajstić information content (AvgIpc) is 2.79. The van der Waals surface area contributed by atoms with Crippen molar-refractivity contribution in [1.82, 2.24) is 15.3 Å². The van der Waals surface area contributed by atoms with Crippen molar-refractivity contribution in [2.45, 2.75) is 25.4 Å². The molecule has 0 saturated heterocycles. The molecule has 1 aromatic heterocycles. The van der Waals surface area contributed by atoms with Crippen LogP contribution in [0, 0.1) is 0 Å². The van der Waals surface area contributed by atoms with Crippen LogP contribution in [0.15, 0.2) is 29.3 Å². The number of rotatable bonds is 11. The first-order valence-electron chi connectivity index (χ1n) is 9.65. The minimum absolute atomic E-state index is 0.00619. The number of anilines is 2. The number of ether oxygens (including phenoxy) is 1. The monoisotopic (exact) mass is 577 g/mol. The third-order valence-electron chi connectivity index (χ3n) is 4.16. The third-order valence-corrected chi connectivity index (χ3v) is 4.95. The zero-order chi connectivity index (χ0) is 23.5. The number of hydrogen-bond acceptors (Lipinski definition) is 9. The molecule has 13 heteroatoms. The fourth-order valence-corrected chi connectivity index (χ4v) is 3.01. The highest BCUT2D eigenvalue weighted by molar-refractivity contribution is 14.1. The van der Waals surface area contributed by atoms with E-state index in [-0.39, 0.29) is 41.7 Å². The van der Waals surface area contributed by atoms with Crippen LogP contribution < -0.4 is 25.1 Å². The molecular weight excluding hydrogens is 553 g/mol. The molecule has 1 atom stereocenters. The molecule has 174 valence electrons. The maximum absolute atomic E-state index is 12.3. The number of halogens is 2. The maximum atomic E-state index is 12.3. The number of benzene rings is 1. The number of aliphatic hydroxyl groups excluding tert-OH is 2. The highest BCUT2D eigenvalue weighted by Crippen LogP contribution is 2.20. The van der Waals surface area contributed by atoms with Crippen molar-refractivity contribution >= 4 is 58.0 Å². The second kappa shape index (κ2) is 13.2. The highest BCUT2D eigenvalue weighted by atomic mass is 127. The summed E-state index contributed by atoms with van der Waals surface area (Å²) in [5, 5.41) is 20.4. The summed E-state index contributed by atoms with van der Waals surface area (Å²) < 4.78 is 8.07. The summed E-state index contributed by atoms with van der Waals surface area (Å²) >= 11 is 7.64. The van der Waals surface area contributed by atoms with Crippen LogP contribution in [-0.4, -0.2) is 57.9 Å². The molecule has 2 aromatic rings. The molecule has 0 radical (unpaired) electrons. The van der Waals surface area contributed by atoms with E-state index in [9.17, 15) is 9.90 Å². The molecule has 0 aliphatic carbocycles. The molecule has 1 amide bonds. The van der Waals surface area contributed by atoms with E-state index in [0.29, 0.717) is 12.3 Å². The van der Waals surface area contributed by atoms with E-state index in [1.54, 1.807) is 22.9 Å². The number of carbonyl (C=O) groups excluding carboxylic acids is 1. The molecule has 1 heterocycles. The molecule has 2 rings (SSSR count). The smallest absolute Gasteiger partial charge is 0.280 e. The molecule has 11 nitrogen and oxygen atoms in total. The standard InChI is InChI=1S/C19H25ClIN7O4/c20-15-16(22)26-17(28-21)14(25-15)18(31)27-19(23)24-8-2-1-3-11-4-6-13(7-5-11)32-10-12(30)9-29/h4-7,12,29-30H,1-3,8-10H2,(H3,22,26,28)(H3,23,24,27,31). The first kappa shape index (κ1) is 25.8. The van der Waals surface area contributed by atoms with Crippen LogP contribution in [0.4, 0.5) is 11.6 Å². The summed E-state index contributed by atoms with van der Waals surface area (Å²) in [7, 11) is 0. The number of aryl methyl sites for hydroxylation is 1. The van der Waals surface area contributed by atoms with Crippen molar-refractivity contribution in [3.63, 3.8) is 0 Å². The van der Waals surface area contributed by atoms with Gasteiger partial charge < -0.3 is 29.9 Å². The quantitative estimate of drug-likeness (QED) is 0.0753. The highest BCUT2D eigenvalue weighted by Gasteiger charge is 2.18. The Morgan fingerprint density at radius 2 is 2.00 bits per heavy atom. The van der Waals surface area contributed by atoms with E-state index in [1.807, 2.05) is 24.3 Å². The van der Waals surface area contributed by atoms with Gasteiger partial charge in [0.1, 0.15) is 18.5 Å². The van der Waals surface area contributed by atoms with Gasteiger partial charge in [0.2, 0.25) is 0 Å². The summed E-state index contributed by atoms with van der Waals surface area (Å²) in [6.07, 6.45) is 1.59. The molecule has 1 aromatic carbocycles. The molecule has 0 saturated carbocycles. The van der Waals surface area contributed by atoms with Crippen LogP contribution in [0.5, 0.6) is 5.75 Å². The van der Waals surface area contributed by atoms with E-state index >= 15 is 0 Å². The van der Waals surface area contributed by atoms with Gasteiger partial charge in [-0.15, -0.1) is 0 Å². The van der Waals surface area contributed by atoms with Crippen molar-refractivity contribution in [1.29, 1.82) is 0 Å². The molecule has 0 aliphatic heterocycles. The van der Waals surface area contributed by atoms with Gasteiger partial charge >= 0.3 is 0 Å². The number of hydrogen-bond donors (Lipinski definition) is 6. The van der Waals surface area contributed by atoms with E-state index in [4.69, 9.17) is 32.9 Å². The minimum Gasteiger partial charge on any atom is -0.491 e. The molecule has 0 spiro atoms. The van der Waals surface area contributed by atoms with Crippen LogP contribution in [-0.2, 0) is 6.42 Å². The Labute approximate surface area is 204 Å². The third kappa shape index (κ3) is 8.26. The van der Waals surface area contributed by atoms with Gasteiger partial charge in [0, 0.05) is 6.54 Å². The maximum Gasteiger partial charge on any atom is 0.280 e. The SMILES string of the molecule is NC(=NCCCCc1ccc(OCC(O)CO)cc1)NC(=O)c1nc(Cl)c(N)nc1NI. The molecule has 8 N–H and O–H groups in total. The summed E-state index contributed by atoms with van der Waals surface area (Å²) in [4.78, 5) is 24.4. The van der Waals surface area contributed by atoms with Crippen molar-refractivity contribution in [2.24, 2.45) is 10.7 Å². The van der Waals surface area contributed by atoms with Crippen LogP contribution in [0.2, 0.25) is 5.15 Å². The number of aromatic nitrogens is 2. The van der Waals surface area contributed by atoms with Gasteiger partial charge in [-0.2, -0.15) is 0 Å². The second-order valence-electron chi connectivity index (χ2n) is 6.66. The largest absolute Gasteiger partial charge is 0.491 e. The Kier molecular flexibility index (Phi) is 10.7. The van der Waals surface area contributed by atoms with Gasteiger partial charge in [-0.3, -0.25) is 15.1 Å². The zero-order valence-electron chi connectivity index (χ0n) is 17.1. The Morgan fingerprint density at radius 1 is 1.28 bits per heavy atom. The lowest BCUT2D eigenvalue weighted by atomic mass is 10.1. The van der Waals surface area contributed by atoms with Crippen molar-refractivity contribution in [3.8, 4) is 5.75 Å². The van der Waals surface area contributed by atoms with E-state index in [2.05, 4.69) is 23.8 Å². The Bertz CT molecular complexity index is 931. The van der Waals surface area contributed by atoms with Crippen molar-refractivity contribution in [3.05, 3.63) is 40.7 Å². The van der Waals surface area contributed by atoms with Gasteiger partial charge in [-0.1, -0.05) is 23.7 Å². The van der Waals surface area contributed by atoms with E-state index in [1.165, 1.54) is 0 Å². The molecule has 32 heavy (non-hydrogen) atoms. The predicted molar refractivity (Wildman–Crippen MR) is 131 cm³/mol. The predicted octanol–water partition coefficient (Wildman–Crippen LogP) is 1.27. The molecule has 1 unspecified atom stereocenters. The number of aliphatic imine (C=N–C) groups is 1. The summed E-state index contributed by atoms with van der Waals surface area (Å²) in [6, 6.07) is 7.51. The first-order chi connectivity index (χ1) is 15.3. The topological polar surface area (TPSA) is 181 Å². The number of nitrogen functional groups attached to an aromatic ring is 1. The van der Waals surface area contributed by atoms with Gasteiger partial charge in [-0.25, -0.2) is 9.97 Å². The Morgan fingerprint density at radius 3 is 2.66 bits per heavy atom. The molecule has 0 aliphatic rings. The molecular formula is C19H25ClIN7O4. The number of nitrogens with zero attached hydrogens (tertiary/aromatic N) is 3. The van der Waals surface area contributed by atoms with Crippen LogP contribution in [0.3, 0.4) is 0 Å². The zero-order valence-corrected chi connectivity index (χ0v) is 20.0. The summed E-state index contributed by atoms with van der Waals surface area (Å²) in [5.41, 5.74) is 12.5. The number of carbonyl (C=O) groups is 1. The van der Waals surface area contributed by atoms with Gasteiger partial charge in [0.05, 0.1) is 29.5 Å². The fraction of sp³-hybridized carbons (Fsp3) is 0.368. The van der Waals surface area contributed by atoms with Crippen molar-refractivity contribution < 1.29 is 19.7 Å². The minimum atomic E-state index is -0.894. The summed E-state index contributed by atoms with van der Waals surface area (Å²) in [6.45, 7) is 0.146. The van der Waals surface area contributed by atoms with Gasteiger partial charge in [0.15, 0.2) is 28.4 Å². The van der Waals surface area contributed by atoms with Crippen LogP contribution in [0.25, 0.3) is 0 Å². The lowest BCUT2D eigenvalue weighted by Crippen LogP contribution is -2.37. The molecule has 0 fully saturated rings. The lowest BCUT2D eigenvalue weighted by Gasteiger charge is -2.10. The lowest BCUT2D eigenvalue weighted by molar-refractivity contribution is 0.0536. The van der Waals surface area contributed by atoms with Gasteiger partial charge in [0.25, 0.3) is 5.91 Å².